The van der Waals surface area contributed by atoms with Gasteiger partial charge in [0.25, 0.3) is 0 Å². The van der Waals surface area contributed by atoms with Gasteiger partial charge in [-0.2, -0.15) is 20.5 Å². The molecule has 0 bridgehead atoms. The van der Waals surface area contributed by atoms with Gasteiger partial charge in [-0.05, 0) is 5.92 Å². The standard InChI is InChI=1S/C9H14N6/c1-5(2)7-8(6-4-11-14-12-6)13-15(3)9(7)10/h4-5H,10H2,1-3H3,(H,11,12,14). The summed E-state index contributed by atoms with van der Waals surface area (Å²) >= 11 is 0. The summed E-state index contributed by atoms with van der Waals surface area (Å²) < 4.78 is 1.67. The minimum atomic E-state index is 0.311. The van der Waals surface area contributed by atoms with Gasteiger partial charge in [0.05, 0.1) is 6.20 Å². The Morgan fingerprint density at radius 1 is 1.47 bits per heavy atom. The molecule has 0 aliphatic heterocycles. The van der Waals surface area contributed by atoms with Crippen molar-refractivity contribution in [3.63, 3.8) is 0 Å². The topological polar surface area (TPSA) is 85.4 Å². The fourth-order valence-electron chi connectivity index (χ4n) is 1.63. The van der Waals surface area contributed by atoms with Crippen molar-refractivity contribution < 1.29 is 0 Å². The minimum absolute atomic E-state index is 0.311. The van der Waals surface area contributed by atoms with E-state index in [-0.39, 0.29) is 0 Å². The lowest BCUT2D eigenvalue weighted by atomic mass is 10.0. The number of nitrogens with two attached hydrogens (primary N) is 1. The first-order valence-electron chi connectivity index (χ1n) is 4.79. The molecule has 2 aromatic rings. The van der Waals surface area contributed by atoms with Gasteiger partial charge in [-0.25, -0.2) is 0 Å². The molecule has 0 aromatic carbocycles. The van der Waals surface area contributed by atoms with E-state index in [9.17, 15) is 0 Å². The highest BCUT2D eigenvalue weighted by atomic mass is 15.3. The zero-order valence-electron chi connectivity index (χ0n) is 9.02. The Bertz CT molecular complexity index is 453. The van der Waals surface area contributed by atoms with Crippen molar-refractivity contribution in [2.75, 3.05) is 5.73 Å². The summed E-state index contributed by atoms with van der Waals surface area (Å²) in [5.74, 6) is 0.994. The van der Waals surface area contributed by atoms with E-state index in [0.717, 1.165) is 17.0 Å². The summed E-state index contributed by atoms with van der Waals surface area (Å²) in [4.78, 5) is 0. The highest BCUT2D eigenvalue weighted by molar-refractivity contribution is 5.65. The summed E-state index contributed by atoms with van der Waals surface area (Å²) in [5, 5.41) is 14.7. The molecule has 0 saturated carbocycles. The second-order valence-corrected chi connectivity index (χ2v) is 3.78. The van der Waals surface area contributed by atoms with Gasteiger partial charge >= 0.3 is 0 Å². The number of hydrogen-bond donors (Lipinski definition) is 2. The van der Waals surface area contributed by atoms with E-state index in [1.54, 1.807) is 10.9 Å². The van der Waals surface area contributed by atoms with Crippen LogP contribution in [0.3, 0.4) is 0 Å². The molecule has 0 unspecified atom stereocenters. The second-order valence-electron chi connectivity index (χ2n) is 3.78. The predicted octanol–water partition coefficient (Wildman–Crippen LogP) is 0.911. The van der Waals surface area contributed by atoms with E-state index >= 15 is 0 Å². The van der Waals surface area contributed by atoms with Crippen LogP contribution in [0.4, 0.5) is 5.82 Å². The van der Waals surface area contributed by atoms with Crippen molar-refractivity contribution in [3.8, 4) is 11.4 Å². The molecular formula is C9H14N6. The van der Waals surface area contributed by atoms with Crippen LogP contribution in [0.25, 0.3) is 11.4 Å². The van der Waals surface area contributed by atoms with E-state index in [1.807, 2.05) is 7.05 Å². The van der Waals surface area contributed by atoms with Crippen LogP contribution in [0.1, 0.15) is 25.3 Å². The van der Waals surface area contributed by atoms with Gasteiger partial charge in [-0.1, -0.05) is 13.8 Å². The average molecular weight is 206 g/mol. The average Bonchev–Trinajstić information content (AvgIpc) is 2.75. The maximum Gasteiger partial charge on any atom is 0.133 e. The molecule has 0 atom stereocenters. The van der Waals surface area contributed by atoms with Crippen LogP contribution in [-0.4, -0.2) is 25.2 Å². The minimum Gasteiger partial charge on any atom is -0.384 e. The lowest BCUT2D eigenvalue weighted by Crippen LogP contribution is -2.00. The number of aromatic amines is 1. The van der Waals surface area contributed by atoms with Crippen molar-refractivity contribution in [1.29, 1.82) is 0 Å². The van der Waals surface area contributed by atoms with Crippen molar-refractivity contribution >= 4 is 5.82 Å². The number of nitrogens with one attached hydrogen (secondary N) is 1. The van der Waals surface area contributed by atoms with Crippen LogP contribution in [-0.2, 0) is 7.05 Å². The number of aromatic nitrogens is 5. The first kappa shape index (κ1) is 9.70. The fraction of sp³-hybridized carbons (Fsp3) is 0.444. The fourth-order valence-corrected chi connectivity index (χ4v) is 1.63. The number of hydrogen-bond acceptors (Lipinski definition) is 4. The molecule has 0 fully saturated rings. The van der Waals surface area contributed by atoms with Crippen molar-refractivity contribution in [3.05, 3.63) is 11.8 Å². The smallest absolute Gasteiger partial charge is 0.133 e. The number of rotatable bonds is 2. The molecule has 15 heavy (non-hydrogen) atoms. The van der Waals surface area contributed by atoms with E-state index in [4.69, 9.17) is 5.73 Å². The van der Waals surface area contributed by atoms with Crippen LogP contribution < -0.4 is 5.73 Å². The first-order valence-corrected chi connectivity index (χ1v) is 4.79. The Balaban J connectivity index is 2.61. The molecule has 0 spiro atoms. The second kappa shape index (κ2) is 3.38. The molecule has 0 aliphatic carbocycles. The van der Waals surface area contributed by atoms with Gasteiger partial charge in [-0.15, -0.1) is 0 Å². The van der Waals surface area contributed by atoms with E-state index in [2.05, 4.69) is 34.4 Å². The van der Waals surface area contributed by atoms with E-state index in [0.29, 0.717) is 11.7 Å². The maximum absolute atomic E-state index is 5.95. The summed E-state index contributed by atoms with van der Waals surface area (Å²) in [5.41, 5.74) is 8.50. The molecule has 0 amide bonds. The third-order valence-corrected chi connectivity index (χ3v) is 2.36. The van der Waals surface area contributed by atoms with Gasteiger partial charge in [-0.3, -0.25) is 4.68 Å². The molecule has 2 rings (SSSR count). The molecule has 6 heteroatoms. The molecule has 2 heterocycles. The maximum atomic E-state index is 5.95. The normalized spacial score (nSPS) is 11.2. The van der Waals surface area contributed by atoms with Crippen molar-refractivity contribution in [2.24, 2.45) is 7.05 Å². The monoisotopic (exact) mass is 206 g/mol. The summed E-state index contributed by atoms with van der Waals surface area (Å²) in [6, 6.07) is 0. The third kappa shape index (κ3) is 1.47. The van der Waals surface area contributed by atoms with E-state index < -0.39 is 0 Å². The Kier molecular flexibility index (Phi) is 2.18. The van der Waals surface area contributed by atoms with Gasteiger partial charge in [0.1, 0.15) is 17.2 Å². The van der Waals surface area contributed by atoms with Gasteiger partial charge in [0.15, 0.2) is 0 Å². The van der Waals surface area contributed by atoms with Gasteiger partial charge < -0.3 is 5.73 Å². The zero-order valence-corrected chi connectivity index (χ0v) is 9.02. The third-order valence-electron chi connectivity index (χ3n) is 2.36. The Morgan fingerprint density at radius 2 is 2.20 bits per heavy atom. The quantitative estimate of drug-likeness (QED) is 0.764. The molecular weight excluding hydrogens is 192 g/mol. The van der Waals surface area contributed by atoms with Crippen LogP contribution >= 0.6 is 0 Å². The van der Waals surface area contributed by atoms with E-state index in [1.165, 1.54) is 0 Å². The number of nitrogens with zero attached hydrogens (tertiary/aromatic N) is 4. The largest absolute Gasteiger partial charge is 0.384 e. The van der Waals surface area contributed by atoms with Crippen LogP contribution in [0, 0.1) is 0 Å². The van der Waals surface area contributed by atoms with Crippen LogP contribution in [0.15, 0.2) is 6.20 Å². The first-order chi connectivity index (χ1) is 7.11. The molecule has 0 radical (unpaired) electrons. The summed E-state index contributed by atoms with van der Waals surface area (Å²) in [6.07, 6.45) is 1.65. The van der Waals surface area contributed by atoms with Crippen LogP contribution in [0.2, 0.25) is 0 Å². The molecule has 80 valence electrons. The number of anilines is 1. The molecule has 6 nitrogen and oxygen atoms in total. The lowest BCUT2D eigenvalue weighted by molar-refractivity contribution is 0.779. The molecule has 0 aliphatic rings. The Labute approximate surface area is 87.5 Å². The number of aryl methyl sites for hydroxylation is 1. The Morgan fingerprint density at radius 3 is 2.73 bits per heavy atom. The molecule has 2 aromatic heterocycles. The number of H-pyrrole nitrogens is 1. The van der Waals surface area contributed by atoms with Gasteiger partial charge in [0.2, 0.25) is 0 Å². The highest BCUT2D eigenvalue weighted by Gasteiger charge is 2.19. The number of nitrogen functional groups attached to an aromatic ring is 1. The van der Waals surface area contributed by atoms with Crippen molar-refractivity contribution in [1.82, 2.24) is 25.2 Å². The summed E-state index contributed by atoms with van der Waals surface area (Å²) in [7, 11) is 1.82. The van der Waals surface area contributed by atoms with Crippen molar-refractivity contribution in [2.45, 2.75) is 19.8 Å². The predicted molar refractivity (Wildman–Crippen MR) is 57.1 cm³/mol. The molecule has 3 N–H and O–H groups in total. The SMILES string of the molecule is CC(C)c1c(-c2cn[nH]n2)nn(C)c1N. The molecule has 0 saturated heterocycles. The van der Waals surface area contributed by atoms with Crippen LogP contribution in [0.5, 0.6) is 0 Å². The Hall–Kier alpha value is -1.85. The highest BCUT2D eigenvalue weighted by Crippen LogP contribution is 2.30. The lowest BCUT2D eigenvalue weighted by Gasteiger charge is -2.04. The van der Waals surface area contributed by atoms with Gasteiger partial charge in [0, 0.05) is 12.6 Å². The zero-order chi connectivity index (χ0) is 11.0. The summed E-state index contributed by atoms with van der Waals surface area (Å²) in [6.45, 7) is 4.16.